The van der Waals surface area contributed by atoms with Gasteiger partial charge >= 0.3 is 0 Å². The quantitative estimate of drug-likeness (QED) is 0.126. The zero-order valence-electron chi connectivity index (χ0n) is 50.3. The number of rotatable bonds is 10. The Morgan fingerprint density at radius 1 is 0.247 bits per heavy atom. The average molecular weight is 1140 g/mol. The Balaban J connectivity index is 0.950. The van der Waals surface area contributed by atoms with Crippen molar-refractivity contribution in [1.29, 1.82) is 0 Å². The second-order valence-corrected chi connectivity index (χ2v) is 25.3. The third kappa shape index (κ3) is 8.33. The van der Waals surface area contributed by atoms with E-state index >= 15 is 0 Å². The number of hydrogen-bond donors (Lipinski definition) is 0. The third-order valence-electron chi connectivity index (χ3n) is 19.5. The highest BCUT2D eigenvalue weighted by atomic mass is 15.2. The van der Waals surface area contributed by atoms with Crippen LogP contribution < -0.4 is 9.80 Å². The maximum atomic E-state index is 2.50. The van der Waals surface area contributed by atoms with Gasteiger partial charge in [0, 0.05) is 66.8 Å². The first kappa shape index (κ1) is 52.3. The zero-order chi connectivity index (χ0) is 59.5. The van der Waals surface area contributed by atoms with E-state index in [2.05, 4.69) is 351 Å². The molecule has 0 radical (unpaired) electrons. The minimum Gasteiger partial charge on any atom is -0.310 e. The van der Waals surface area contributed by atoms with Gasteiger partial charge in [-0.3, -0.25) is 0 Å². The summed E-state index contributed by atoms with van der Waals surface area (Å²) in [7, 11) is 0. The molecular formula is C86H63N3. The van der Waals surface area contributed by atoms with E-state index in [-0.39, 0.29) is 10.8 Å². The number of nitrogens with zero attached hydrogens (tertiary/aromatic N) is 3. The fraction of sp³-hybridized carbons (Fsp3) is 0.0698. The number of benzene rings is 14. The summed E-state index contributed by atoms with van der Waals surface area (Å²) >= 11 is 0. The highest BCUT2D eigenvalue weighted by molar-refractivity contribution is 6.32. The molecule has 0 saturated carbocycles. The van der Waals surface area contributed by atoms with Crippen LogP contribution in [0.1, 0.15) is 49.9 Å². The smallest absolute Gasteiger partial charge is 0.0625 e. The summed E-state index contributed by atoms with van der Waals surface area (Å²) in [6.45, 7) is 9.53. The van der Waals surface area contributed by atoms with Crippen LogP contribution in [-0.4, -0.2) is 4.57 Å². The van der Waals surface area contributed by atoms with Crippen LogP contribution in [0.5, 0.6) is 0 Å². The van der Waals surface area contributed by atoms with Crippen molar-refractivity contribution >= 4 is 77.5 Å². The van der Waals surface area contributed by atoms with Crippen molar-refractivity contribution in [3.05, 3.63) is 332 Å². The molecule has 0 bridgehead atoms. The summed E-state index contributed by atoms with van der Waals surface area (Å²) in [5.41, 5.74) is 27.0. The number of aromatic nitrogens is 1. The van der Waals surface area contributed by atoms with E-state index in [1.807, 2.05) is 0 Å². The van der Waals surface area contributed by atoms with Crippen molar-refractivity contribution in [2.75, 3.05) is 9.80 Å². The first-order chi connectivity index (χ1) is 43.7. The molecule has 0 aliphatic heterocycles. The van der Waals surface area contributed by atoms with Crippen molar-refractivity contribution < 1.29 is 0 Å². The molecule has 422 valence electrons. The van der Waals surface area contributed by atoms with Gasteiger partial charge in [-0.1, -0.05) is 246 Å². The normalized spacial score (nSPS) is 13.3. The predicted octanol–water partition coefficient (Wildman–Crippen LogP) is 23.6. The van der Waals surface area contributed by atoms with Gasteiger partial charge in [0.1, 0.15) is 0 Å². The maximum absolute atomic E-state index is 2.50. The fourth-order valence-electron chi connectivity index (χ4n) is 15.1. The minimum absolute atomic E-state index is 0.217. The lowest BCUT2D eigenvalue weighted by molar-refractivity contribution is 0.660. The molecular weight excluding hydrogens is 1070 g/mol. The summed E-state index contributed by atoms with van der Waals surface area (Å²) < 4.78 is 2.49. The minimum atomic E-state index is -0.217. The predicted molar refractivity (Wildman–Crippen MR) is 377 cm³/mol. The molecule has 0 amide bonds. The van der Waals surface area contributed by atoms with Crippen LogP contribution >= 0.6 is 0 Å². The van der Waals surface area contributed by atoms with Crippen LogP contribution in [0.15, 0.2) is 309 Å². The van der Waals surface area contributed by atoms with E-state index in [9.17, 15) is 0 Å². The van der Waals surface area contributed by atoms with Crippen LogP contribution in [0, 0.1) is 0 Å². The van der Waals surface area contributed by atoms with Gasteiger partial charge in [0.25, 0.3) is 0 Å². The van der Waals surface area contributed by atoms with Gasteiger partial charge in [0.15, 0.2) is 0 Å². The molecule has 89 heavy (non-hydrogen) atoms. The highest BCUT2D eigenvalue weighted by Crippen LogP contribution is 2.54. The topological polar surface area (TPSA) is 11.4 Å². The highest BCUT2D eigenvalue weighted by Gasteiger charge is 2.38. The molecule has 2 aliphatic rings. The van der Waals surface area contributed by atoms with Gasteiger partial charge in [-0.05, 0) is 185 Å². The molecule has 0 saturated heterocycles. The molecule has 0 fully saturated rings. The summed E-state index contributed by atoms with van der Waals surface area (Å²) in [6.07, 6.45) is 0. The van der Waals surface area contributed by atoms with Gasteiger partial charge in [-0.25, -0.2) is 0 Å². The average Bonchev–Trinajstić information content (AvgIpc) is 1.73. The molecule has 3 nitrogen and oxygen atoms in total. The Morgan fingerprint density at radius 3 is 1.16 bits per heavy atom. The number of hydrogen-bond acceptors (Lipinski definition) is 2. The standard InChI is InChI=1S/C86H63N3/c1-85(2)78-34-20-18-30-71(78)73-47-45-65(54-80(73)85)87(63-41-36-58(37-42-63)56-22-8-5-9-23-56)67-50-61(60-40-49-82-77(52-60)83-75-32-16-14-28-69(75)70-29-15-17-33-76(70)84(83)89(82)62-26-12-7-13-27-62)51-68(53-67)88(64-43-38-59(39-44-64)57-24-10-6-11-25-57)66-46-48-74-72-31-19-21-35-79(72)86(3,4)81(74)55-66/h5-55H,1-4H3. The van der Waals surface area contributed by atoms with Crippen molar-refractivity contribution in [1.82, 2.24) is 4.57 Å². The Morgan fingerprint density at radius 2 is 0.640 bits per heavy atom. The van der Waals surface area contributed by atoms with E-state index in [0.29, 0.717) is 0 Å². The van der Waals surface area contributed by atoms with E-state index in [0.717, 1.165) is 56.5 Å². The van der Waals surface area contributed by atoms with Crippen molar-refractivity contribution in [3.63, 3.8) is 0 Å². The van der Waals surface area contributed by atoms with Gasteiger partial charge in [-0.2, -0.15) is 0 Å². The molecule has 0 unspecified atom stereocenters. The molecule has 15 aromatic rings. The lowest BCUT2D eigenvalue weighted by atomic mass is 9.82. The maximum Gasteiger partial charge on any atom is 0.0625 e. The molecule has 17 rings (SSSR count). The fourth-order valence-corrected chi connectivity index (χ4v) is 15.1. The monoisotopic (exact) mass is 1140 g/mol. The van der Waals surface area contributed by atoms with E-state index in [1.54, 1.807) is 0 Å². The molecule has 0 atom stereocenters. The van der Waals surface area contributed by atoms with Gasteiger partial charge in [0.2, 0.25) is 0 Å². The van der Waals surface area contributed by atoms with Gasteiger partial charge in [-0.15, -0.1) is 0 Å². The molecule has 2 aliphatic carbocycles. The molecule has 1 aromatic heterocycles. The van der Waals surface area contributed by atoms with Crippen LogP contribution in [0.2, 0.25) is 0 Å². The van der Waals surface area contributed by atoms with Gasteiger partial charge in [0.05, 0.1) is 11.0 Å². The third-order valence-corrected chi connectivity index (χ3v) is 19.5. The first-order valence-corrected chi connectivity index (χ1v) is 31.1. The van der Waals surface area contributed by atoms with Crippen molar-refractivity contribution in [2.45, 2.75) is 38.5 Å². The van der Waals surface area contributed by atoms with E-state index < -0.39 is 0 Å². The first-order valence-electron chi connectivity index (χ1n) is 31.1. The Labute approximate surface area is 520 Å². The summed E-state index contributed by atoms with van der Waals surface area (Å²) in [6, 6.07) is 115. The molecule has 0 spiro atoms. The van der Waals surface area contributed by atoms with E-state index in [4.69, 9.17) is 0 Å². The second-order valence-electron chi connectivity index (χ2n) is 25.3. The van der Waals surface area contributed by atoms with Gasteiger partial charge < -0.3 is 14.4 Å². The molecule has 14 aromatic carbocycles. The van der Waals surface area contributed by atoms with E-state index in [1.165, 1.54) is 105 Å². The summed E-state index contributed by atoms with van der Waals surface area (Å²) in [5.74, 6) is 0. The largest absolute Gasteiger partial charge is 0.310 e. The van der Waals surface area contributed by atoms with Crippen molar-refractivity contribution in [3.8, 4) is 61.3 Å². The van der Waals surface area contributed by atoms with Crippen molar-refractivity contribution in [2.24, 2.45) is 0 Å². The Kier molecular flexibility index (Phi) is 11.9. The summed E-state index contributed by atoms with van der Waals surface area (Å²) in [5, 5.41) is 7.43. The Hall–Kier alpha value is -11.0. The number of para-hydroxylation sites is 1. The van der Waals surface area contributed by atoms with Crippen LogP contribution in [-0.2, 0) is 10.8 Å². The number of anilines is 6. The van der Waals surface area contributed by atoms with Crippen LogP contribution in [0.25, 0.3) is 105 Å². The Bertz CT molecular complexity index is 5080. The lowest BCUT2D eigenvalue weighted by Gasteiger charge is -2.32. The second kappa shape index (κ2) is 20.3. The molecule has 0 N–H and O–H groups in total. The lowest BCUT2D eigenvalue weighted by Crippen LogP contribution is -2.17. The molecule has 1 heterocycles. The number of fused-ring (bicyclic) bond motifs is 14. The SMILES string of the molecule is CC1(C)c2ccccc2-c2ccc(N(c3ccc(-c4ccccc4)cc3)c3cc(-c4ccc5c(c4)c4c6ccccc6c6ccccc6c4n5-c4ccccc4)cc(N(c4ccc(-c5ccccc5)cc4)c4ccc5c(c4)C(C)(C)c4ccccc4-5)c3)cc21. The zero-order valence-corrected chi connectivity index (χ0v) is 50.3. The summed E-state index contributed by atoms with van der Waals surface area (Å²) in [4.78, 5) is 5.00. The van der Waals surface area contributed by atoms with Crippen LogP contribution in [0.3, 0.4) is 0 Å². The molecule has 3 heteroatoms. The van der Waals surface area contributed by atoms with Crippen LogP contribution in [0.4, 0.5) is 34.1 Å².